The third kappa shape index (κ3) is 3.90. The van der Waals surface area contributed by atoms with E-state index in [1.54, 1.807) is 4.67 Å². The minimum absolute atomic E-state index is 0.109. The summed E-state index contributed by atoms with van der Waals surface area (Å²) >= 11 is 0. The van der Waals surface area contributed by atoms with Crippen molar-refractivity contribution in [2.24, 2.45) is 0 Å². The van der Waals surface area contributed by atoms with Crippen LogP contribution in [0.1, 0.15) is 40.0 Å². The van der Waals surface area contributed by atoms with Gasteiger partial charge in [-0.25, -0.2) is 0 Å². The summed E-state index contributed by atoms with van der Waals surface area (Å²) in [5.74, 6) is 0.187. The van der Waals surface area contributed by atoms with Crippen molar-refractivity contribution in [3.05, 3.63) is 12.7 Å². The second-order valence-electron chi connectivity index (χ2n) is 6.85. The van der Waals surface area contributed by atoms with Crippen LogP contribution in [-0.2, 0) is 9.22 Å². The number of carbonyl (C=O) groups is 1. The van der Waals surface area contributed by atoms with Gasteiger partial charge in [-0.1, -0.05) is 26.8 Å². The Morgan fingerprint density at radius 1 is 1.53 bits per heavy atom. The van der Waals surface area contributed by atoms with Crippen LogP contribution < -0.4 is 0 Å². The Kier molecular flexibility index (Phi) is 5.39. The molecular weight excluding hydrogens is 273 g/mol. The van der Waals surface area contributed by atoms with Gasteiger partial charge in [0, 0.05) is 6.42 Å². The number of piperidine rings is 1. The second-order valence-corrected chi connectivity index (χ2v) is 12.2. The fourth-order valence-electron chi connectivity index (χ4n) is 2.08. The summed E-state index contributed by atoms with van der Waals surface area (Å²) < 4.78 is 8.28. The highest BCUT2D eigenvalue weighted by Crippen LogP contribution is 2.39. The Morgan fingerprint density at radius 2 is 2.11 bits per heavy atom. The quantitative estimate of drug-likeness (QED) is 0.450. The molecule has 0 bridgehead atoms. The van der Waals surface area contributed by atoms with E-state index in [2.05, 4.69) is 49.8 Å². The molecule has 0 N–H and O–H groups in total. The Hall–Kier alpha value is -0.183. The summed E-state index contributed by atoms with van der Waals surface area (Å²) in [7, 11) is 0.759. The first-order valence-electron chi connectivity index (χ1n) is 6.95. The molecule has 3 atom stereocenters. The Morgan fingerprint density at radius 3 is 2.58 bits per heavy atom. The minimum atomic E-state index is -1.80. The van der Waals surface area contributed by atoms with E-state index in [9.17, 15) is 4.79 Å². The van der Waals surface area contributed by atoms with E-state index in [0.29, 0.717) is 6.42 Å². The largest absolute Gasteiger partial charge is 0.412 e. The molecule has 1 heterocycles. The van der Waals surface area contributed by atoms with Gasteiger partial charge in [-0.15, -0.1) is 6.58 Å². The molecular formula is C14H28NO2PSi. The van der Waals surface area contributed by atoms with E-state index in [4.69, 9.17) is 4.43 Å². The Balaban J connectivity index is 2.86. The number of amides is 1. The van der Waals surface area contributed by atoms with E-state index in [1.165, 1.54) is 0 Å². The van der Waals surface area contributed by atoms with Gasteiger partial charge in [0.25, 0.3) is 0 Å². The fourth-order valence-corrected chi connectivity index (χ4v) is 3.91. The molecule has 1 aliphatic rings. The van der Waals surface area contributed by atoms with Crippen molar-refractivity contribution < 1.29 is 9.22 Å². The van der Waals surface area contributed by atoms with Crippen LogP contribution in [0, 0.1) is 0 Å². The molecule has 1 aliphatic heterocycles. The number of hydrogen-bond donors (Lipinski definition) is 0. The van der Waals surface area contributed by atoms with Crippen molar-refractivity contribution in [2.75, 3.05) is 0 Å². The van der Waals surface area contributed by atoms with Gasteiger partial charge in [0.1, 0.15) is 0 Å². The van der Waals surface area contributed by atoms with Crippen LogP contribution in [0.25, 0.3) is 0 Å². The lowest BCUT2D eigenvalue weighted by molar-refractivity contribution is -0.133. The van der Waals surface area contributed by atoms with E-state index in [0.717, 1.165) is 12.8 Å². The highest BCUT2D eigenvalue weighted by molar-refractivity contribution is 7.14. The molecule has 1 unspecified atom stereocenters. The third-order valence-electron chi connectivity index (χ3n) is 4.38. The van der Waals surface area contributed by atoms with E-state index < -0.39 is 8.32 Å². The van der Waals surface area contributed by atoms with Crippen molar-refractivity contribution in [3.63, 3.8) is 0 Å². The van der Waals surface area contributed by atoms with Crippen LogP contribution in [0.5, 0.6) is 0 Å². The molecule has 1 amide bonds. The maximum atomic E-state index is 11.8. The van der Waals surface area contributed by atoms with Crippen molar-refractivity contribution in [1.82, 2.24) is 4.67 Å². The van der Waals surface area contributed by atoms with Gasteiger partial charge in [-0.3, -0.25) is 4.79 Å². The van der Waals surface area contributed by atoms with E-state index >= 15 is 0 Å². The van der Waals surface area contributed by atoms with Crippen molar-refractivity contribution >= 4 is 23.6 Å². The summed E-state index contributed by atoms with van der Waals surface area (Å²) in [5, 5.41) is 0.193. The molecule has 0 aliphatic carbocycles. The van der Waals surface area contributed by atoms with Gasteiger partial charge in [-0.05, 0) is 40.4 Å². The van der Waals surface area contributed by atoms with Crippen LogP contribution in [0.3, 0.4) is 0 Å². The SMILES string of the molecule is C=CC[C@H]1[C@@H](O[Si](C)(C)C(C)(C)C)CCC(=O)N1P. The zero-order valence-corrected chi connectivity index (χ0v) is 15.1. The fraction of sp³-hybridized carbons (Fsp3) is 0.786. The molecule has 1 fully saturated rings. The average Bonchev–Trinajstić information content (AvgIpc) is 2.27. The summed E-state index contributed by atoms with van der Waals surface area (Å²) in [5.41, 5.74) is 0. The molecule has 1 saturated heterocycles. The minimum Gasteiger partial charge on any atom is -0.412 e. The number of hydrogen-bond acceptors (Lipinski definition) is 2. The van der Waals surface area contributed by atoms with Gasteiger partial charge < -0.3 is 9.10 Å². The molecule has 3 nitrogen and oxygen atoms in total. The first-order valence-corrected chi connectivity index (χ1v) is 10.4. The first-order chi connectivity index (χ1) is 8.60. The van der Waals surface area contributed by atoms with Crippen LogP contribution in [0.4, 0.5) is 0 Å². The molecule has 1 rings (SSSR count). The van der Waals surface area contributed by atoms with E-state index in [1.807, 2.05) is 6.08 Å². The third-order valence-corrected chi connectivity index (χ3v) is 9.55. The highest BCUT2D eigenvalue weighted by Gasteiger charge is 2.43. The summed E-state index contributed by atoms with van der Waals surface area (Å²) in [6, 6.07) is 0.109. The van der Waals surface area contributed by atoms with Gasteiger partial charge in [-0.2, -0.15) is 0 Å². The van der Waals surface area contributed by atoms with Crippen molar-refractivity contribution in [1.29, 1.82) is 0 Å². The Labute approximate surface area is 121 Å². The normalized spacial score (nSPS) is 25.6. The molecule has 0 saturated carbocycles. The molecule has 0 spiro atoms. The number of nitrogens with zero attached hydrogens (tertiary/aromatic N) is 1. The topological polar surface area (TPSA) is 29.5 Å². The lowest BCUT2D eigenvalue weighted by Crippen LogP contribution is -2.53. The second kappa shape index (κ2) is 6.07. The predicted octanol–water partition coefficient (Wildman–Crippen LogP) is 3.73. The van der Waals surface area contributed by atoms with Gasteiger partial charge in [0.15, 0.2) is 8.32 Å². The van der Waals surface area contributed by atoms with Crippen molar-refractivity contribution in [2.45, 2.75) is 70.3 Å². The molecule has 0 radical (unpaired) electrons. The lowest BCUT2D eigenvalue weighted by atomic mass is 9.98. The summed E-state index contributed by atoms with van der Waals surface area (Å²) in [6.45, 7) is 15.1. The number of carbonyl (C=O) groups excluding carboxylic acids is 1. The Bertz CT molecular complexity index is 352. The monoisotopic (exact) mass is 301 g/mol. The zero-order chi connectivity index (χ0) is 14.8. The first kappa shape index (κ1) is 16.9. The standard InChI is InChI=1S/C14H28NO2PSi/c1-7-8-11-12(9-10-13(16)15(11)18)17-19(5,6)14(2,3)4/h7,11-12H,1,8-10,18H2,2-6H3/t11-,12-/m0/s1. The van der Waals surface area contributed by atoms with Crippen LogP contribution in [0.15, 0.2) is 12.7 Å². The van der Waals surface area contributed by atoms with Crippen LogP contribution in [0.2, 0.25) is 18.1 Å². The molecule has 5 heteroatoms. The van der Waals surface area contributed by atoms with E-state index in [-0.39, 0.29) is 23.1 Å². The zero-order valence-electron chi connectivity index (χ0n) is 12.9. The van der Waals surface area contributed by atoms with Crippen LogP contribution >= 0.6 is 9.39 Å². The van der Waals surface area contributed by atoms with Gasteiger partial charge in [0.2, 0.25) is 5.91 Å². The molecule has 0 aromatic rings. The van der Waals surface area contributed by atoms with Gasteiger partial charge in [0.05, 0.1) is 12.1 Å². The molecule has 0 aromatic heterocycles. The van der Waals surface area contributed by atoms with Gasteiger partial charge >= 0.3 is 0 Å². The van der Waals surface area contributed by atoms with Crippen LogP contribution in [-0.4, -0.2) is 31.0 Å². The maximum absolute atomic E-state index is 11.8. The average molecular weight is 301 g/mol. The summed E-state index contributed by atoms with van der Waals surface area (Å²) in [6.07, 6.45) is 4.20. The summed E-state index contributed by atoms with van der Waals surface area (Å²) in [4.78, 5) is 11.8. The predicted molar refractivity (Wildman–Crippen MR) is 86.5 cm³/mol. The molecule has 110 valence electrons. The lowest BCUT2D eigenvalue weighted by Gasteiger charge is -2.45. The smallest absolute Gasteiger partial charge is 0.225 e. The van der Waals surface area contributed by atoms with Crippen molar-refractivity contribution in [3.8, 4) is 0 Å². The molecule has 19 heavy (non-hydrogen) atoms. The highest BCUT2D eigenvalue weighted by atomic mass is 31.0. The maximum Gasteiger partial charge on any atom is 0.225 e. The molecule has 0 aromatic carbocycles. The number of rotatable bonds is 4.